The van der Waals surface area contributed by atoms with E-state index in [2.05, 4.69) is 5.32 Å². The molecular formula is C25H44NO11P. The van der Waals surface area contributed by atoms with Crippen molar-refractivity contribution in [3.8, 4) is 0 Å². The zero-order valence-electron chi connectivity index (χ0n) is 24.0. The van der Waals surface area contributed by atoms with Crippen molar-refractivity contribution in [2.24, 2.45) is 22.2 Å². The maximum absolute atomic E-state index is 13.5. The summed E-state index contributed by atoms with van der Waals surface area (Å²) in [5.41, 5.74) is -2.31. The number of ether oxygens (including phenoxy) is 4. The molecule has 0 saturated carbocycles. The molecule has 0 amide bonds. The smallest absolute Gasteiger partial charge is 0.336 e. The van der Waals surface area contributed by atoms with E-state index in [0.29, 0.717) is 13.0 Å². The van der Waals surface area contributed by atoms with Crippen LogP contribution in [0.3, 0.4) is 0 Å². The van der Waals surface area contributed by atoms with Crippen LogP contribution in [0.15, 0.2) is 0 Å². The lowest BCUT2D eigenvalue weighted by Crippen LogP contribution is -2.45. The van der Waals surface area contributed by atoms with Crippen LogP contribution in [0.2, 0.25) is 0 Å². The Bertz CT molecular complexity index is 847. The second-order valence-electron chi connectivity index (χ2n) is 12.3. The molecule has 38 heavy (non-hydrogen) atoms. The van der Waals surface area contributed by atoms with Gasteiger partial charge < -0.3 is 24.3 Å². The molecule has 220 valence electrons. The van der Waals surface area contributed by atoms with Crippen molar-refractivity contribution in [1.82, 2.24) is 5.32 Å². The van der Waals surface area contributed by atoms with Crippen molar-refractivity contribution in [2.45, 2.75) is 81.2 Å². The van der Waals surface area contributed by atoms with E-state index in [9.17, 15) is 23.7 Å². The Balaban J connectivity index is 2.78. The van der Waals surface area contributed by atoms with Gasteiger partial charge in [-0.15, -0.1) is 0 Å². The third-order valence-electron chi connectivity index (χ3n) is 5.39. The van der Waals surface area contributed by atoms with Gasteiger partial charge in [0.25, 0.3) is 0 Å². The van der Waals surface area contributed by atoms with E-state index >= 15 is 0 Å². The molecule has 0 bridgehead atoms. The van der Waals surface area contributed by atoms with Crippen LogP contribution in [0.5, 0.6) is 0 Å². The first-order valence-electron chi connectivity index (χ1n) is 12.5. The highest BCUT2D eigenvalue weighted by Crippen LogP contribution is 2.51. The molecule has 0 aromatic rings. The maximum atomic E-state index is 13.5. The van der Waals surface area contributed by atoms with Gasteiger partial charge in [0.2, 0.25) is 20.4 Å². The highest BCUT2D eigenvalue weighted by Gasteiger charge is 2.37. The van der Waals surface area contributed by atoms with Gasteiger partial charge in [0.15, 0.2) is 0 Å². The highest BCUT2D eigenvalue weighted by atomic mass is 31.2. The second-order valence-corrected chi connectivity index (χ2v) is 14.4. The Hall–Kier alpha value is -2.01. The summed E-state index contributed by atoms with van der Waals surface area (Å²) in [6.45, 7) is 13.7. The summed E-state index contributed by atoms with van der Waals surface area (Å²) in [5.74, 6) is -2.53. The average molecular weight is 566 g/mol. The summed E-state index contributed by atoms with van der Waals surface area (Å²) in [6, 6.07) is -0.729. The molecule has 0 radical (unpaired) electrons. The predicted octanol–water partition coefficient (Wildman–Crippen LogP) is 3.76. The largest absolute Gasteiger partial charge is 0.438 e. The minimum absolute atomic E-state index is 0.113. The van der Waals surface area contributed by atoms with Gasteiger partial charge in [-0.2, -0.15) is 0 Å². The van der Waals surface area contributed by atoms with Crippen molar-refractivity contribution < 1.29 is 51.7 Å². The molecule has 0 unspecified atom stereocenters. The predicted molar refractivity (Wildman–Crippen MR) is 136 cm³/mol. The zero-order valence-corrected chi connectivity index (χ0v) is 24.9. The van der Waals surface area contributed by atoms with Gasteiger partial charge >= 0.3 is 31.5 Å². The fraction of sp³-hybridized carbons (Fsp3) is 0.840. The SMILES string of the molecule is CC(C)(C)C(=O)OCOC(=O)[C@@H]1C[C@H](CP(=O)(OCOC(=O)C(C)(C)C)OCOC(=O)C(C)(C)C)CCN1. The molecule has 0 aliphatic carbocycles. The van der Waals surface area contributed by atoms with Gasteiger partial charge in [0.1, 0.15) is 6.04 Å². The molecular weight excluding hydrogens is 521 g/mol. The summed E-state index contributed by atoms with van der Waals surface area (Å²) >= 11 is 0. The molecule has 12 nitrogen and oxygen atoms in total. The van der Waals surface area contributed by atoms with Crippen molar-refractivity contribution in [2.75, 3.05) is 33.1 Å². The van der Waals surface area contributed by atoms with Crippen LogP contribution < -0.4 is 5.32 Å². The van der Waals surface area contributed by atoms with E-state index in [-0.39, 0.29) is 18.5 Å². The van der Waals surface area contributed by atoms with Crippen LogP contribution in [-0.4, -0.2) is 63.0 Å². The first-order chi connectivity index (χ1) is 17.2. The summed E-state index contributed by atoms with van der Waals surface area (Å²) in [7, 11) is -3.92. The number of piperidine rings is 1. The molecule has 1 saturated heterocycles. The van der Waals surface area contributed by atoms with E-state index in [1.165, 1.54) is 0 Å². The minimum Gasteiger partial charge on any atom is -0.438 e. The topological polar surface area (TPSA) is 153 Å². The number of carbonyl (C=O) groups excluding carboxylic acids is 4. The summed E-state index contributed by atoms with van der Waals surface area (Å²) in [6.07, 6.45) is 0.674. The van der Waals surface area contributed by atoms with Crippen LogP contribution in [0.1, 0.15) is 75.2 Å². The molecule has 0 aromatic heterocycles. The van der Waals surface area contributed by atoms with Crippen molar-refractivity contribution in [3.05, 3.63) is 0 Å². The number of nitrogens with one attached hydrogen (secondary N) is 1. The molecule has 13 heteroatoms. The molecule has 0 spiro atoms. The van der Waals surface area contributed by atoms with Crippen LogP contribution in [0.25, 0.3) is 0 Å². The van der Waals surface area contributed by atoms with E-state index < -0.39 is 74.1 Å². The van der Waals surface area contributed by atoms with Gasteiger partial charge in [-0.3, -0.25) is 32.8 Å². The summed E-state index contributed by atoms with van der Waals surface area (Å²) in [5, 5.41) is 3.03. The molecule has 1 heterocycles. The Morgan fingerprint density at radius 2 is 1.13 bits per heavy atom. The van der Waals surface area contributed by atoms with Gasteiger partial charge in [-0.25, -0.2) is 0 Å². The Morgan fingerprint density at radius 3 is 1.55 bits per heavy atom. The average Bonchev–Trinajstić information content (AvgIpc) is 2.77. The molecule has 1 fully saturated rings. The van der Waals surface area contributed by atoms with Gasteiger partial charge in [-0.1, -0.05) is 0 Å². The van der Waals surface area contributed by atoms with Crippen LogP contribution in [-0.2, 0) is 51.7 Å². The third kappa shape index (κ3) is 12.2. The molecule has 2 atom stereocenters. The maximum Gasteiger partial charge on any atom is 0.336 e. The number of esters is 4. The van der Waals surface area contributed by atoms with Crippen LogP contribution in [0.4, 0.5) is 0 Å². The highest BCUT2D eigenvalue weighted by molar-refractivity contribution is 7.53. The van der Waals surface area contributed by atoms with Gasteiger partial charge in [0.05, 0.1) is 22.4 Å². The quantitative estimate of drug-likeness (QED) is 0.168. The fourth-order valence-electron chi connectivity index (χ4n) is 3.01. The number of hydrogen-bond acceptors (Lipinski definition) is 12. The van der Waals surface area contributed by atoms with Crippen molar-refractivity contribution >= 4 is 31.5 Å². The van der Waals surface area contributed by atoms with Crippen molar-refractivity contribution in [1.29, 1.82) is 0 Å². The third-order valence-corrected chi connectivity index (χ3v) is 7.35. The Kier molecular flexibility index (Phi) is 12.4. The molecule has 1 N–H and O–H groups in total. The lowest BCUT2D eigenvalue weighted by atomic mass is 9.94. The number of rotatable bonds is 11. The minimum atomic E-state index is -3.92. The monoisotopic (exact) mass is 565 g/mol. The summed E-state index contributed by atoms with van der Waals surface area (Å²) < 4.78 is 44.5. The van der Waals surface area contributed by atoms with E-state index in [1.807, 2.05) is 0 Å². The van der Waals surface area contributed by atoms with E-state index in [4.69, 9.17) is 28.0 Å². The Labute approximate surface area is 225 Å². The van der Waals surface area contributed by atoms with E-state index in [0.717, 1.165) is 0 Å². The molecule has 1 aliphatic rings. The number of hydrogen-bond donors (Lipinski definition) is 1. The summed E-state index contributed by atoms with van der Waals surface area (Å²) in [4.78, 5) is 48.5. The van der Waals surface area contributed by atoms with Crippen molar-refractivity contribution in [3.63, 3.8) is 0 Å². The lowest BCUT2D eigenvalue weighted by molar-refractivity contribution is -0.175. The number of carbonyl (C=O) groups is 4. The van der Waals surface area contributed by atoms with Crippen LogP contribution in [0, 0.1) is 22.2 Å². The molecule has 0 aromatic carbocycles. The first-order valence-corrected chi connectivity index (χ1v) is 14.3. The fourth-order valence-corrected chi connectivity index (χ4v) is 4.69. The second kappa shape index (κ2) is 13.9. The molecule has 1 rings (SSSR count). The van der Waals surface area contributed by atoms with E-state index in [1.54, 1.807) is 62.3 Å². The first kappa shape index (κ1) is 34.0. The van der Waals surface area contributed by atoms with Crippen LogP contribution >= 0.6 is 7.60 Å². The van der Waals surface area contributed by atoms with Gasteiger partial charge in [-0.05, 0) is 87.6 Å². The lowest BCUT2D eigenvalue weighted by Gasteiger charge is -2.31. The Morgan fingerprint density at radius 1 is 0.711 bits per heavy atom. The molecule has 1 aliphatic heterocycles. The zero-order chi connectivity index (χ0) is 29.4. The van der Waals surface area contributed by atoms with Gasteiger partial charge in [0, 0.05) is 0 Å². The normalized spacial score (nSPS) is 18.9. The standard InChI is InChI=1S/C25H44NO11P/c1-23(2,3)20(28)33-14-32-19(27)18-12-17(10-11-26-18)13-38(31,36-15-34-21(29)24(4,5)6)37-16-35-22(30)25(7,8)9/h17-18,26H,10-16H2,1-9H3/t17-,18+/m1/s1.